The maximum absolute atomic E-state index is 10.6. The van der Waals surface area contributed by atoms with Crippen molar-refractivity contribution in [3.8, 4) is 0 Å². The van der Waals surface area contributed by atoms with E-state index >= 15 is 0 Å². The molecule has 2 aromatic heterocycles. The Bertz CT molecular complexity index is 480. The Kier molecular flexibility index (Phi) is 3.81. The van der Waals surface area contributed by atoms with Crippen molar-refractivity contribution in [1.82, 2.24) is 14.8 Å². The van der Waals surface area contributed by atoms with Gasteiger partial charge in [0.05, 0.1) is 12.8 Å². The lowest BCUT2D eigenvalue weighted by Gasteiger charge is -2.03. The molecule has 6 nitrogen and oxygen atoms in total. The zero-order valence-electron chi connectivity index (χ0n) is 9.07. The molecule has 0 aliphatic carbocycles. The van der Waals surface area contributed by atoms with E-state index < -0.39 is 0 Å². The molecule has 0 aliphatic heterocycles. The van der Waals surface area contributed by atoms with Gasteiger partial charge in [-0.2, -0.15) is 0 Å². The number of primary amides is 1. The summed E-state index contributed by atoms with van der Waals surface area (Å²) in [5, 5.41) is 8.56. The van der Waals surface area contributed by atoms with E-state index in [1.54, 1.807) is 12.6 Å². The van der Waals surface area contributed by atoms with Crippen LogP contribution in [0.15, 0.2) is 34.3 Å². The molecule has 0 aromatic carbocycles. The highest BCUT2D eigenvalue weighted by Gasteiger charge is 2.07. The van der Waals surface area contributed by atoms with Gasteiger partial charge in [-0.1, -0.05) is 11.8 Å². The van der Waals surface area contributed by atoms with E-state index in [0.717, 1.165) is 10.9 Å². The molecule has 0 atom stereocenters. The van der Waals surface area contributed by atoms with Crippen LogP contribution in [0.3, 0.4) is 0 Å². The van der Waals surface area contributed by atoms with Gasteiger partial charge in [-0.15, -0.1) is 10.2 Å². The molecular formula is C10H12N4O2S. The molecule has 90 valence electrons. The molecule has 2 heterocycles. The first-order chi connectivity index (χ1) is 8.25. The van der Waals surface area contributed by atoms with E-state index in [0.29, 0.717) is 18.7 Å². The molecule has 0 spiro atoms. The molecular weight excluding hydrogens is 240 g/mol. The highest BCUT2D eigenvalue weighted by atomic mass is 32.2. The highest BCUT2D eigenvalue weighted by molar-refractivity contribution is 7.99. The van der Waals surface area contributed by atoms with Crippen LogP contribution in [0.25, 0.3) is 0 Å². The lowest BCUT2D eigenvalue weighted by atomic mass is 10.4. The van der Waals surface area contributed by atoms with Gasteiger partial charge in [-0.25, -0.2) is 0 Å². The predicted molar refractivity (Wildman–Crippen MR) is 62.4 cm³/mol. The van der Waals surface area contributed by atoms with Crippen LogP contribution in [0.5, 0.6) is 0 Å². The molecule has 0 unspecified atom stereocenters. The summed E-state index contributed by atoms with van der Waals surface area (Å²) in [6.45, 7) is 0.582. The number of thioether (sulfide) groups is 1. The fourth-order valence-electron chi connectivity index (χ4n) is 1.28. The highest BCUT2D eigenvalue weighted by Crippen LogP contribution is 2.17. The molecule has 7 heteroatoms. The molecule has 0 radical (unpaired) electrons. The third-order valence-electron chi connectivity index (χ3n) is 2.07. The average molecular weight is 252 g/mol. The van der Waals surface area contributed by atoms with Gasteiger partial charge in [0.25, 0.3) is 0 Å². The van der Waals surface area contributed by atoms with Crippen molar-refractivity contribution in [3.05, 3.63) is 30.5 Å². The predicted octanol–water partition coefficient (Wildman–Crippen LogP) is 0.887. The first-order valence-electron chi connectivity index (χ1n) is 5.07. The Morgan fingerprint density at radius 2 is 2.47 bits per heavy atom. The number of carbonyl (C=O) groups excluding carboxylic acids is 1. The van der Waals surface area contributed by atoms with Crippen LogP contribution in [0.2, 0.25) is 0 Å². The Hall–Kier alpha value is -1.76. The molecule has 1 amide bonds. The Morgan fingerprint density at radius 3 is 3.18 bits per heavy atom. The number of hydrogen-bond donors (Lipinski definition) is 1. The lowest BCUT2D eigenvalue weighted by Crippen LogP contribution is -2.11. The van der Waals surface area contributed by atoms with Crippen molar-refractivity contribution in [2.24, 2.45) is 5.73 Å². The normalized spacial score (nSPS) is 10.6. The summed E-state index contributed by atoms with van der Waals surface area (Å²) in [5.74, 6) is 1.13. The van der Waals surface area contributed by atoms with E-state index in [-0.39, 0.29) is 5.91 Å². The van der Waals surface area contributed by atoms with Crippen molar-refractivity contribution in [1.29, 1.82) is 0 Å². The first-order valence-corrected chi connectivity index (χ1v) is 6.05. The molecule has 0 bridgehead atoms. The number of amides is 1. The second kappa shape index (κ2) is 5.53. The van der Waals surface area contributed by atoms with Crippen molar-refractivity contribution >= 4 is 17.7 Å². The maximum atomic E-state index is 10.6. The van der Waals surface area contributed by atoms with E-state index in [1.807, 2.05) is 16.7 Å². The number of rotatable bonds is 6. The number of furan rings is 1. The fraction of sp³-hybridized carbons (Fsp3) is 0.300. The standard InChI is InChI=1S/C10H12N4O2S/c11-9(15)3-5-17-10-13-12-7-14(10)6-8-2-1-4-16-8/h1-2,4,7H,3,5-6H2,(H2,11,15). The lowest BCUT2D eigenvalue weighted by molar-refractivity contribution is -0.117. The molecule has 2 N–H and O–H groups in total. The summed E-state index contributed by atoms with van der Waals surface area (Å²) in [7, 11) is 0. The van der Waals surface area contributed by atoms with Crippen LogP contribution in [0.4, 0.5) is 0 Å². The summed E-state index contributed by atoms with van der Waals surface area (Å²) in [6, 6.07) is 3.72. The molecule has 2 aromatic rings. The van der Waals surface area contributed by atoms with Crippen LogP contribution in [0, 0.1) is 0 Å². The number of carbonyl (C=O) groups is 1. The second-order valence-electron chi connectivity index (χ2n) is 3.39. The Labute approximate surface area is 102 Å². The minimum absolute atomic E-state index is 0.311. The number of aromatic nitrogens is 3. The van der Waals surface area contributed by atoms with Crippen molar-refractivity contribution in [2.75, 3.05) is 5.75 Å². The van der Waals surface area contributed by atoms with Crippen LogP contribution < -0.4 is 5.73 Å². The quantitative estimate of drug-likeness (QED) is 0.771. The van der Waals surface area contributed by atoms with Gasteiger partial charge in [0.1, 0.15) is 12.1 Å². The van der Waals surface area contributed by atoms with Crippen molar-refractivity contribution < 1.29 is 9.21 Å². The zero-order chi connectivity index (χ0) is 12.1. The van der Waals surface area contributed by atoms with Crippen LogP contribution >= 0.6 is 11.8 Å². The molecule has 0 saturated heterocycles. The molecule has 0 saturated carbocycles. The summed E-state index contributed by atoms with van der Waals surface area (Å²) in [4.78, 5) is 10.6. The number of nitrogens with zero attached hydrogens (tertiary/aromatic N) is 3. The summed E-state index contributed by atoms with van der Waals surface area (Å²) in [5.41, 5.74) is 5.07. The first kappa shape index (κ1) is 11.7. The molecule has 17 heavy (non-hydrogen) atoms. The monoisotopic (exact) mass is 252 g/mol. The van der Waals surface area contributed by atoms with Gasteiger partial charge in [0.2, 0.25) is 5.91 Å². The molecule has 0 aliphatic rings. The second-order valence-corrected chi connectivity index (χ2v) is 4.45. The topological polar surface area (TPSA) is 86.9 Å². The van der Waals surface area contributed by atoms with Crippen LogP contribution in [-0.4, -0.2) is 26.4 Å². The van der Waals surface area contributed by atoms with Gasteiger partial charge in [0.15, 0.2) is 5.16 Å². The Morgan fingerprint density at radius 1 is 1.59 bits per heavy atom. The van der Waals surface area contributed by atoms with Crippen molar-refractivity contribution in [3.63, 3.8) is 0 Å². The average Bonchev–Trinajstić information content (AvgIpc) is 2.91. The fourth-order valence-corrected chi connectivity index (χ4v) is 2.15. The van der Waals surface area contributed by atoms with Gasteiger partial charge >= 0.3 is 0 Å². The minimum Gasteiger partial charge on any atom is -0.467 e. The van der Waals surface area contributed by atoms with E-state index in [4.69, 9.17) is 10.2 Å². The summed E-state index contributed by atoms with van der Waals surface area (Å²) < 4.78 is 7.11. The minimum atomic E-state index is -0.311. The number of nitrogens with two attached hydrogens (primary N) is 1. The van der Waals surface area contributed by atoms with Crippen LogP contribution in [-0.2, 0) is 11.3 Å². The smallest absolute Gasteiger partial charge is 0.218 e. The number of hydrogen-bond acceptors (Lipinski definition) is 5. The SMILES string of the molecule is NC(=O)CCSc1nncn1Cc1ccco1. The van der Waals surface area contributed by atoms with Crippen LogP contribution in [0.1, 0.15) is 12.2 Å². The third kappa shape index (κ3) is 3.35. The summed E-state index contributed by atoms with van der Waals surface area (Å²) >= 11 is 1.45. The Balaban J connectivity index is 1.94. The van der Waals surface area contributed by atoms with Gasteiger partial charge in [-0.3, -0.25) is 4.79 Å². The maximum Gasteiger partial charge on any atom is 0.218 e. The van der Waals surface area contributed by atoms with Crippen molar-refractivity contribution in [2.45, 2.75) is 18.1 Å². The van der Waals surface area contributed by atoms with Gasteiger partial charge < -0.3 is 14.7 Å². The van der Waals surface area contributed by atoms with E-state index in [9.17, 15) is 4.79 Å². The van der Waals surface area contributed by atoms with E-state index in [1.165, 1.54) is 11.8 Å². The molecule has 0 fully saturated rings. The largest absolute Gasteiger partial charge is 0.467 e. The third-order valence-corrected chi connectivity index (χ3v) is 3.05. The van der Waals surface area contributed by atoms with Gasteiger partial charge in [0, 0.05) is 12.2 Å². The summed E-state index contributed by atoms with van der Waals surface area (Å²) in [6.07, 6.45) is 3.59. The van der Waals surface area contributed by atoms with Gasteiger partial charge in [-0.05, 0) is 12.1 Å². The molecule has 2 rings (SSSR count). The zero-order valence-corrected chi connectivity index (χ0v) is 9.89. The van der Waals surface area contributed by atoms with E-state index in [2.05, 4.69) is 10.2 Å².